The van der Waals surface area contributed by atoms with Crippen LogP contribution in [0.25, 0.3) is 0 Å². The average molecular weight is 250 g/mol. The molecule has 1 fully saturated rings. The van der Waals surface area contributed by atoms with Gasteiger partial charge in [0, 0.05) is 19.1 Å². The van der Waals surface area contributed by atoms with Crippen molar-refractivity contribution in [3.05, 3.63) is 29.8 Å². The van der Waals surface area contributed by atoms with E-state index >= 15 is 0 Å². The number of hydrogen-bond donors (Lipinski definition) is 1. The second kappa shape index (κ2) is 4.53. The van der Waals surface area contributed by atoms with Crippen LogP contribution in [0, 0.1) is 0 Å². The number of ether oxygens (including phenoxy) is 3. The number of aliphatic hydroxyl groups excluding tert-OH is 1. The SMILES string of the molecule is CO[C@@H]1[C@H](O)CCC[C@]12OCc1ccccc1O2. The number of aliphatic hydroxyl groups is 1. The summed E-state index contributed by atoms with van der Waals surface area (Å²) < 4.78 is 17.3. The molecular weight excluding hydrogens is 232 g/mol. The van der Waals surface area contributed by atoms with Crippen LogP contribution in [-0.4, -0.2) is 30.2 Å². The second-order valence-electron chi connectivity index (χ2n) is 4.93. The molecule has 1 aromatic rings. The molecule has 0 unspecified atom stereocenters. The molecule has 1 aliphatic carbocycles. The highest BCUT2D eigenvalue weighted by atomic mass is 16.7. The standard InChI is InChI=1S/C14H18O4/c1-16-13-11(15)6-4-8-14(13)17-9-10-5-2-3-7-12(10)18-14/h2-3,5,7,11,13,15H,4,6,8-9H2,1H3/t11-,13-,14-/m1/s1. The zero-order valence-electron chi connectivity index (χ0n) is 10.5. The molecule has 1 aromatic carbocycles. The number of para-hydroxylation sites is 1. The Balaban J connectivity index is 1.92. The highest BCUT2D eigenvalue weighted by molar-refractivity contribution is 5.34. The van der Waals surface area contributed by atoms with Gasteiger partial charge in [0.1, 0.15) is 11.9 Å². The fourth-order valence-electron chi connectivity index (χ4n) is 2.88. The quantitative estimate of drug-likeness (QED) is 0.826. The topological polar surface area (TPSA) is 47.9 Å². The third kappa shape index (κ3) is 1.81. The summed E-state index contributed by atoms with van der Waals surface area (Å²) in [6, 6.07) is 7.84. The van der Waals surface area contributed by atoms with E-state index < -0.39 is 18.0 Å². The number of hydrogen-bond acceptors (Lipinski definition) is 4. The van der Waals surface area contributed by atoms with E-state index in [0.29, 0.717) is 6.61 Å². The number of rotatable bonds is 1. The Morgan fingerprint density at radius 3 is 3.06 bits per heavy atom. The molecule has 1 spiro atoms. The molecule has 2 aliphatic rings. The fourth-order valence-corrected chi connectivity index (χ4v) is 2.88. The highest BCUT2D eigenvalue weighted by Crippen LogP contribution is 2.41. The minimum absolute atomic E-state index is 0.431. The third-order valence-electron chi connectivity index (χ3n) is 3.79. The molecule has 18 heavy (non-hydrogen) atoms. The summed E-state index contributed by atoms with van der Waals surface area (Å²) in [4.78, 5) is 0. The summed E-state index contributed by atoms with van der Waals surface area (Å²) in [5.41, 5.74) is 1.04. The van der Waals surface area contributed by atoms with Gasteiger partial charge in [-0.25, -0.2) is 0 Å². The Morgan fingerprint density at radius 1 is 1.39 bits per heavy atom. The second-order valence-corrected chi connectivity index (χ2v) is 4.93. The smallest absolute Gasteiger partial charge is 0.239 e. The lowest BCUT2D eigenvalue weighted by Crippen LogP contribution is -2.59. The summed E-state index contributed by atoms with van der Waals surface area (Å²) in [6.07, 6.45) is 1.39. The Morgan fingerprint density at radius 2 is 2.22 bits per heavy atom. The predicted molar refractivity (Wildman–Crippen MR) is 65.2 cm³/mol. The van der Waals surface area contributed by atoms with Crippen molar-refractivity contribution in [1.82, 2.24) is 0 Å². The molecule has 3 rings (SSSR count). The van der Waals surface area contributed by atoms with Crippen LogP contribution in [-0.2, 0) is 16.1 Å². The lowest BCUT2D eigenvalue weighted by molar-refractivity contribution is -0.294. The molecule has 0 radical (unpaired) electrons. The van der Waals surface area contributed by atoms with Gasteiger partial charge in [-0.3, -0.25) is 0 Å². The molecular formula is C14H18O4. The highest BCUT2D eigenvalue weighted by Gasteiger charge is 2.51. The Hall–Kier alpha value is -1.10. The van der Waals surface area contributed by atoms with E-state index in [0.717, 1.165) is 30.6 Å². The molecule has 4 nitrogen and oxygen atoms in total. The maximum absolute atomic E-state index is 10.0. The van der Waals surface area contributed by atoms with Crippen LogP contribution in [0.2, 0.25) is 0 Å². The van der Waals surface area contributed by atoms with Crippen molar-refractivity contribution in [2.24, 2.45) is 0 Å². The number of benzene rings is 1. The molecule has 0 saturated heterocycles. The summed E-state index contributed by atoms with van der Waals surface area (Å²) in [7, 11) is 1.59. The average Bonchev–Trinajstić information content (AvgIpc) is 2.39. The molecule has 4 heteroatoms. The Kier molecular flexibility index (Phi) is 3.01. The molecule has 0 amide bonds. The van der Waals surface area contributed by atoms with Gasteiger partial charge in [-0.15, -0.1) is 0 Å². The van der Waals surface area contributed by atoms with Gasteiger partial charge < -0.3 is 19.3 Å². The van der Waals surface area contributed by atoms with Crippen LogP contribution in [0.4, 0.5) is 0 Å². The van der Waals surface area contributed by atoms with Crippen molar-refractivity contribution >= 4 is 0 Å². The van der Waals surface area contributed by atoms with Gasteiger partial charge in [0.25, 0.3) is 0 Å². The zero-order chi connectivity index (χ0) is 12.6. The molecule has 1 saturated carbocycles. The van der Waals surface area contributed by atoms with Gasteiger partial charge in [-0.1, -0.05) is 18.2 Å². The number of fused-ring (bicyclic) bond motifs is 1. The predicted octanol–water partition coefficient (Wildman–Crippen LogP) is 1.85. The molecule has 1 N–H and O–H groups in total. The molecule has 0 aromatic heterocycles. The summed E-state index contributed by atoms with van der Waals surface area (Å²) in [6.45, 7) is 0.503. The van der Waals surface area contributed by atoms with Gasteiger partial charge in [0.05, 0.1) is 12.7 Å². The van der Waals surface area contributed by atoms with Gasteiger partial charge in [0.15, 0.2) is 0 Å². The lowest BCUT2D eigenvalue weighted by Gasteiger charge is -2.46. The fraction of sp³-hybridized carbons (Fsp3) is 0.571. The first-order valence-electron chi connectivity index (χ1n) is 6.37. The molecule has 0 bridgehead atoms. The van der Waals surface area contributed by atoms with Crippen LogP contribution >= 0.6 is 0 Å². The molecule has 1 heterocycles. The normalized spacial score (nSPS) is 35.0. The van der Waals surface area contributed by atoms with E-state index in [1.165, 1.54) is 0 Å². The van der Waals surface area contributed by atoms with E-state index in [1.807, 2.05) is 24.3 Å². The Bertz CT molecular complexity index is 434. The van der Waals surface area contributed by atoms with Crippen molar-refractivity contribution in [1.29, 1.82) is 0 Å². The van der Waals surface area contributed by atoms with Crippen LogP contribution < -0.4 is 4.74 Å². The van der Waals surface area contributed by atoms with Crippen molar-refractivity contribution in [3.63, 3.8) is 0 Å². The van der Waals surface area contributed by atoms with E-state index in [1.54, 1.807) is 7.11 Å². The van der Waals surface area contributed by atoms with Gasteiger partial charge >= 0.3 is 0 Å². The third-order valence-corrected chi connectivity index (χ3v) is 3.79. The van der Waals surface area contributed by atoms with Gasteiger partial charge in [-0.05, 0) is 18.9 Å². The molecule has 1 aliphatic heterocycles. The van der Waals surface area contributed by atoms with E-state index in [9.17, 15) is 5.11 Å². The van der Waals surface area contributed by atoms with E-state index in [4.69, 9.17) is 14.2 Å². The van der Waals surface area contributed by atoms with Crippen molar-refractivity contribution in [3.8, 4) is 5.75 Å². The minimum atomic E-state index is -0.833. The maximum atomic E-state index is 10.0. The van der Waals surface area contributed by atoms with Gasteiger partial charge in [-0.2, -0.15) is 0 Å². The molecule has 98 valence electrons. The summed E-state index contributed by atoms with van der Waals surface area (Å²) >= 11 is 0. The van der Waals surface area contributed by atoms with Gasteiger partial charge in [0.2, 0.25) is 5.79 Å². The summed E-state index contributed by atoms with van der Waals surface area (Å²) in [5, 5.41) is 10.0. The first kappa shape index (κ1) is 12.0. The lowest BCUT2D eigenvalue weighted by atomic mass is 9.87. The van der Waals surface area contributed by atoms with Crippen LogP contribution in [0.3, 0.4) is 0 Å². The van der Waals surface area contributed by atoms with Crippen molar-refractivity contribution in [2.75, 3.05) is 7.11 Å². The van der Waals surface area contributed by atoms with Crippen molar-refractivity contribution in [2.45, 2.75) is 43.9 Å². The van der Waals surface area contributed by atoms with Crippen LogP contribution in [0.15, 0.2) is 24.3 Å². The first-order chi connectivity index (χ1) is 8.75. The first-order valence-corrected chi connectivity index (χ1v) is 6.37. The zero-order valence-corrected chi connectivity index (χ0v) is 10.5. The monoisotopic (exact) mass is 250 g/mol. The largest absolute Gasteiger partial charge is 0.459 e. The Labute approximate surface area is 106 Å². The minimum Gasteiger partial charge on any atom is -0.459 e. The van der Waals surface area contributed by atoms with E-state index in [2.05, 4.69) is 0 Å². The molecule has 3 atom stereocenters. The van der Waals surface area contributed by atoms with E-state index in [-0.39, 0.29) is 0 Å². The van der Waals surface area contributed by atoms with Crippen molar-refractivity contribution < 1.29 is 19.3 Å². The maximum Gasteiger partial charge on any atom is 0.239 e. The number of methoxy groups -OCH3 is 1. The van der Waals surface area contributed by atoms with Crippen LogP contribution in [0.1, 0.15) is 24.8 Å². The van der Waals surface area contributed by atoms with Crippen LogP contribution in [0.5, 0.6) is 5.75 Å². The summed E-state index contributed by atoms with van der Waals surface area (Å²) in [5.74, 6) is 0.000671.